The molecular formula is C9H12O2S. The van der Waals surface area contributed by atoms with Crippen molar-refractivity contribution in [3.8, 4) is 0 Å². The first-order valence-electron chi connectivity index (χ1n) is 3.79. The van der Waals surface area contributed by atoms with E-state index in [9.17, 15) is 8.42 Å². The number of aryl methyl sites for hydroxylation is 1. The SMILES string of the molecule is CS(=O)(=O)CCc1ccccc1. The van der Waals surface area contributed by atoms with Crippen molar-refractivity contribution in [2.75, 3.05) is 12.0 Å². The summed E-state index contributed by atoms with van der Waals surface area (Å²) in [6, 6.07) is 9.62. The van der Waals surface area contributed by atoms with E-state index in [0.29, 0.717) is 6.42 Å². The third-order valence-corrected chi connectivity index (χ3v) is 2.55. The van der Waals surface area contributed by atoms with Crippen molar-refractivity contribution in [3.05, 3.63) is 35.9 Å². The maximum atomic E-state index is 10.8. The van der Waals surface area contributed by atoms with Crippen molar-refractivity contribution in [2.24, 2.45) is 0 Å². The Morgan fingerprint density at radius 3 is 2.25 bits per heavy atom. The Kier molecular flexibility index (Phi) is 2.87. The van der Waals surface area contributed by atoms with Gasteiger partial charge in [-0.05, 0) is 12.0 Å². The molecule has 0 aliphatic heterocycles. The lowest BCUT2D eigenvalue weighted by Crippen LogP contribution is -2.05. The second-order valence-corrected chi connectivity index (χ2v) is 5.13. The maximum Gasteiger partial charge on any atom is 0.147 e. The summed E-state index contributed by atoms with van der Waals surface area (Å²) in [6.07, 6.45) is 1.87. The molecule has 0 aliphatic rings. The van der Waals surface area contributed by atoms with Gasteiger partial charge < -0.3 is 0 Å². The highest BCUT2D eigenvalue weighted by Crippen LogP contribution is 2.00. The molecule has 0 aromatic heterocycles. The summed E-state index contributed by atoms with van der Waals surface area (Å²) in [5.41, 5.74) is 1.07. The highest BCUT2D eigenvalue weighted by Gasteiger charge is 2.01. The maximum absolute atomic E-state index is 10.8. The lowest BCUT2D eigenvalue weighted by molar-refractivity contribution is 0.601. The molecule has 0 unspecified atom stereocenters. The Hall–Kier alpha value is -0.830. The van der Waals surface area contributed by atoms with Gasteiger partial charge in [0, 0.05) is 6.26 Å². The van der Waals surface area contributed by atoms with Crippen molar-refractivity contribution < 1.29 is 8.42 Å². The first-order chi connectivity index (χ1) is 5.58. The molecule has 0 N–H and O–H groups in total. The van der Waals surface area contributed by atoms with Gasteiger partial charge in [-0.2, -0.15) is 0 Å². The fourth-order valence-corrected chi connectivity index (χ4v) is 1.55. The molecule has 12 heavy (non-hydrogen) atoms. The van der Waals surface area contributed by atoms with E-state index >= 15 is 0 Å². The molecule has 3 heteroatoms. The molecule has 1 rings (SSSR count). The van der Waals surface area contributed by atoms with Crippen LogP contribution in [0, 0.1) is 0 Å². The van der Waals surface area contributed by atoms with E-state index in [1.54, 1.807) is 0 Å². The van der Waals surface area contributed by atoms with Crippen LogP contribution in [0.4, 0.5) is 0 Å². The van der Waals surface area contributed by atoms with Crippen LogP contribution < -0.4 is 0 Å². The summed E-state index contributed by atoms with van der Waals surface area (Å²) >= 11 is 0. The van der Waals surface area contributed by atoms with Crippen LogP contribution in [0.15, 0.2) is 30.3 Å². The summed E-state index contributed by atoms with van der Waals surface area (Å²) in [5, 5.41) is 0. The molecule has 0 saturated carbocycles. The topological polar surface area (TPSA) is 34.1 Å². The third-order valence-electron chi connectivity index (χ3n) is 1.60. The van der Waals surface area contributed by atoms with Gasteiger partial charge in [0.25, 0.3) is 0 Å². The molecule has 0 aliphatic carbocycles. The second-order valence-electron chi connectivity index (χ2n) is 2.87. The van der Waals surface area contributed by atoms with Gasteiger partial charge in [-0.25, -0.2) is 8.42 Å². The Labute approximate surface area is 73.2 Å². The van der Waals surface area contributed by atoms with Crippen LogP contribution in [0.1, 0.15) is 5.56 Å². The van der Waals surface area contributed by atoms with Crippen LogP contribution in [-0.4, -0.2) is 20.4 Å². The normalized spacial score (nSPS) is 11.4. The van der Waals surface area contributed by atoms with E-state index in [1.165, 1.54) is 6.26 Å². The average Bonchev–Trinajstić information content (AvgIpc) is 2.02. The molecule has 0 spiro atoms. The standard InChI is InChI=1S/C9H12O2S/c1-12(10,11)8-7-9-5-3-2-4-6-9/h2-6H,7-8H2,1H3. The van der Waals surface area contributed by atoms with Gasteiger partial charge in [0.1, 0.15) is 9.84 Å². The van der Waals surface area contributed by atoms with E-state index in [4.69, 9.17) is 0 Å². The van der Waals surface area contributed by atoms with Crippen molar-refractivity contribution >= 4 is 9.84 Å². The summed E-state index contributed by atoms with van der Waals surface area (Å²) in [5.74, 6) is 0.233. The molecule has 0 bridgehead atoms. The Morgan fingerprint density at radius 1 is 1.17 bits per heavy atom. The van der Waals surface area contributed by atoms with Gasteiger partial charge in [0.05, 0.1) is 5.75 Å². The number of benzene rings is 1. The van der Waals surface area contributed by atoms with Gasteiger partial charge in [-0.3, -0.25) is 0 Å². The van der Waals surface area contributed by atoms with Crippen LogP contribution in [0.3, 0.4) is 0 Å². The first-order valence-corrected chi connectivity index (χ1v) is 5.86. The lowest BCUT2D eigenvalue weighted by atomic mass is 10.2. The van der Waals surface area contributed by atoms with Crippen molar-refractivity contribution in [1.29, 1.82) is 0 Å². The zero-order chi connectivity index (χ0) is 9.03. The summed E-state index contributed by atoms with van der Waals surface area (Å²) in [6.45, 7) is 0. The van der Waals surface area contributed by atoms with Crippen molar-refractivity contribution in [2.45, 2.75) is 6.42 Å². The third kappa shape index (κ3) is 3.53. The summed E-state index contributed by atoms with van der Waals surface area (Å²) < 4.78 is 21.6. The summed E-state index contributed by atoms with van der Waals surface area (Å²) in [7, 11) is -2.82. The van der Waals surface area contributed by atoms with Crippen LogP contribution in [0.5, 0.6) is 0 Å². The molecule has 0 amide bonds. The smallest absolute Gasteiger partial charge is 0.147 e. The molecule has 1 aromatic rings. The minimum atomic E-state index is -2.82. The number of hydrogen-bond acceptors (Lipinski definition) is 2. The zero-order valence-corrected chi connectivity index (χ0v) is 7.84. The lowest BCUT2D eigenvalue weighted by Gasteiger charge is -1.98. The van der Waals surface area contributed by atoms with Gasteiger partial charge in [-0.15, -0.1) is 0 Å². The predicted octanol–water partition coefficient (Wildman–Crippen LogP) is 1.27. The zero-order valence-electron chi connectivity index (χ0n) is 7.03. The van der Waals surface area contributed by atoms with E-state index in [1.807, 2.05) is 30.3 Å². The molecule has 0 fully saturated rings. The molecule has 1 aromatic carbocycles. The van der Waals surface area contributed by atoms with Crippen molar-refractivity contribution in [3.63, 3.8) is 0 Å². The molecule has 2 nitrogen and oxygen atoms in total. The number of rotatable bonds is 3. The van der Waals surface area contributed by atoms with E-state index < -0.39 is 9.84 Å². The fraction of sp³-hybridized carbons (Fsp3) is 0.333. The second kappa shape index (κ2) is 3.72. The van der Waals surface area contributed by atoms with Gasteiger partial charge >= 0.3 is 0 Å². The Balaban J connectivity index is 2.56. The highest BCUT2D eigenvalue weighted by atomic mass is 32.2. The number of sulfone groups is 1. The molecule has 0 radical (unpaired) electrons. The fourth-order valence-electron chi connectivity index (χ4n) is 0.948. The quantitative estimate of drug-likeness (QED) is 0.709. The summed E-state index contributed by atoms with van der Waals surface area (Å²) in [4.78, 5) is 0. The molecule has 0 heterocycles. The monoisotopic (exact) mass is 184 g/mol. The minimum Gasteiger partial charge on any atom is -0.229 e. The van der Waals surface area contributed by atoms with Gasteiger partial charge in [0.2, 0.25) is 0 Å². The van der Waals surface area contributed by atoms with Crippen molar-refractivity contribution in [1.82, 2.24) is 0 Å². The largest absolute Gasteiger partial charge is 0.229 e. The molecule has 0 atom stereocenters. The van der Waals surface area contributed by atoms with E-state index in [2.05, 4.69) is 0 Å². The van der Waals surface area contributed by atoms with Gasteiger partial charge in [-0.1, -0.05) is 30.3 Å². The average molecular weight is 184 g/mol. The predicted molar refractivity (Wildman–Crippen MR) is 49.9 cm³/mol. The van der Waals surface area contributed by atoms with Crippen LogP contribution in [-0.2, 0) is 16.3 Å². The minimum absolute atomic E-state index is 0.233. The Bertz CT molecular complexity index is 327. The molecule has 0 saturated heterocycles. The van der Waals surface area contributed by atoms with Crippen LogP contribution in [0.25, 0.3) is 0 Å². The first kappa shape index (κ1) is 9.26. The van der Waals surface area contributed by atoms with E-state index in [0.717, 1.165) is 5.56 Å². The van der Waals surface area contributed by atoms with E-state index in [-0.39, 0.29) is 5.75 Å². The molecular weight excluding hydrogens is 172 g/mol. The van der Waals surface area contributed by atoms with Crippen LogP contribution in [0.2, 0.25) is 0 Å². The Morgan fingerprint density at radius 2 is 1.75 bits per heavy atom. The van der Waals surface area contributed by atoms with Crippen LogP contribution >= 0.6 is 0 Å². The van der Waals surface area contributed by atoms with Gasteiger partial charge in [0.15, 0.2) is 0 Å². The highest BCUT2D eigenvalue weighted by molar-refractivity contribution is 7.90. The molecule has 66 valence electrons. The number of hydrogen-bond donors (Lipinski definition) is 0.